The Hall–Kier alpha value is -0.610. The number of carbonyl (C=O) groups excluding carboxylic acids is 1. The third kappa shape index (κ3) is 4.25. The number of nitrogens with one attached hydrogen (secondary N) is 1. The molecule has 0 atom stereocenters. The van der Waals surface area contributed by atoms with E-state index >= 15 is 0 Å². The van der Waals surface area contributed by atoms with E-state index in [-0.39, 0.29) is 11.4 Å². The molecule has 0 aromatic rings. The Labute approximate surface area is 111 Å². The number of carbonyl (C=O) groups is 1. The molecule has 0 saturated heterocycles. The summed E-state index contributed by atoms with van der Waals surface area (Å²) in [6.07, 6.45) is 4.64. The van der Waals surface area contributed by atoms with E-state index in [1.807, 2.05) is 13.8 Å². The number of nitrogens with two attached hydrogens (primary N) is 1. The molecule has 1 amide bonds. The van der Waals surface area contributed by atoms with Crippen molar-refractivity contribution in [1.29, 1.82) is 0 Å². The fourth-order valence-electron chi connectivity index (χ4n) is 2.49. The standard InChI is InChI=1S/C14H28N2O2/c1-11-5-7-14(10-15,8-6-11)16-12(17)9-13(2,3)18-4/h11H,5-10,15H2,1-4H3,(H,16,17). The average Bonchev–Trinajstić information content (AvgIpc) is 2.32. The van der Waals surface area contributed by atoms with Crippen molar-refractivity contribution in [3.8, 4) is 0 Å². The third-order valence-corrected chi connectivity index (χ3v) is 4.17. The first-order valence-corrected chi connectivity index (χ1v) is 6.89. The molecule has 0 heterocycles. The summed E-state index contributed by atoms with van der Waals surface area (Å²) in [6.45, 7) is 6.63. The maximum atomic E-state index is 12.1. The molecule has 1 saturated carbocycles. The van der Waals surface area contributed by atoms with E-state index in [2.05, 4.69) is 12.2 Å². The van der Waals surface area contributed by atoms with E-state index < -0.39 is 5.60 Å². The van der Waals surface area contributed by atoms with Gasteiger partial charge in [0, 0.05) is 13.7 Å². The van der Waals surface area contributed by atoms with Crippen molar-refractivity contribution < 1.29 is 9.53 Å². The van der Waals surface area contributed by atoms with Gasteiger partial charge in [-0.3, -0.25) is 4.79 Å². The lowest BCUT2D eigenvalue weighted by atomic mass is 9.77. The van der Waals surface area contributed by atoms with Gasteiger partial charge in [0.2, 0.25) is 5.91 Å². The van der Waals surface area contributed by atoms with Crippen LogP contribution in [0.25, 0.3) is 0 Å². The molecule has 0 radical (unpaired) electrons. The molecule has 0 aromatic carbocycles. The fraction of sp³-hybridized carbons (Fsp3) is 0.929. The summed E-state index contributed by atoms with van der Waals surface area (Å²) in [5, 5.41) is 3.15. The summed E-state index contributed by atoms with van der Waals surface area (Å²) >= 11 is 0. The minimum atomic E-state index is -0.415. The summed E-state index contributed by atoms with van der Waals surface area (Å²) in [6, 6.07) is 0. The Balaban J connectivity index is 2.55. The van der Waals surface area contributed by atoms with E-state index in [1.54, 1.807) is 7.11 Å². The van der Waals surface area contributed by atoms with Crippen LogP contribution in [0.4, 0.5) is 0 Å². The zero-order chi connectivity index (χ0) is 13.8. The van der Waals surface area contributed by atoms with Crippen molar-refractivity contribution in [3.05, 3.63) is 0 Å². The second kappa shape index (κ2) is 6.02. The van der Waals surface area contributed by atoms with Crippen LogP contribution in [-0.4, -0.2) is 30.7 Å². The van der Waals surface area contributed by atoms with Crippen LogP contribution in [0.5, 0.6) is 0 Å². The summed E-state index contributed by atoms with van der Waals surface area (Å²) in [5.74, 6) is 0.791. The van der Waals surface area contributed by atoms with Gasteiger partial charge in [-0.15, -0.1) is 0 Å². The van der Waals surface area contributed by atoms with Crippen LogP contribution in [-0.2, 0) is 9.53 Å². The first-order valence-electron chi connectivity index (χ1n) is 6.89. The lowest BCUT2D eigenvalue weighted by Crippen LogP contribution is -2.56. The molecule has 0 aromatic heterocycles. The highest BCUT2D eigenvalue weighted by Gasteiger charge is 2.35. The maximum Gasteiger partial charge on any atom is 0.223 e. The second-order valence-electron chi connectivity index (χ2n) is 6.36. The third-order valence-electron chi connectivity index (χ3n) is 4.17. The normalized spacial score (nSPS) is 29.1. The molecule has 1 aliphatic rings. The van der Waals surface area contributed by atoms with Crippen LogP contribution >= 0.6 is 0 Å². The molecule has 4 heteroatoms. The first-order chi connectivity index (χ1) is 8.32. The smallest absolute Gasteiger partial charge is 0.223 e. The molecule has 0 unspecified atom stereocenters. The fourth-order valence-corrected chi connectivity index (χ4v) is 2.49. The molecule has 1 rings (SSSR count). The molecule has 0 bridgehead atoms. The van der Waals surface area contributed by atoms with Gasteiger partial charge in [0.05, 0.1) is 17.6 Å². The zero-order valence-corrected chi connectivity index (χ0v) is 12.2. The Morgan fingerprint density at radius 2 is 2.00 bits per heavy atom. The Morgan fingerprint density at radius 1 is 1.44 bits per heavy atom. The zero-order valence-electron chi connectivity index (χ0n) is 12.2. The molecule has 18 heavy (non-hydrogen) atoms. The van der Waals surface area contributed by atoms with E-state index in [9.17, 15) is 4.79 Å². The van der Waals surface area contributed by atoms with E-state index in [0.717, 1.165) is 31.6 Å². The molecule has 4 nitrogen and oxygen atoms in total. The molecular weight excluding hydrogens is 228 g/mol. The topological polar surface area (TPSA) is 64.3 Å². The van der Waals surface area contributed by atoms with Crippen molar-refractivity contribution in [2.75, 3.05) is 13.7 Å². The van der Waals surface area contributed by atoms with Crippen LogP contribution in [0.1, 0.15) is 52.9 Å². The van der Waals surface area contributed by atoms with Crippen molar-refractivity contribution in [2.24, 2.45) is 11.7 Å². The SMILES string of the molecule is COC(C)(C)CC(=O)NC1(CN)CCC(C)CC1. The van der Waals surface area contributed by atoms with Gasteiger partial charge < -0.3 is 15.8 Å². The Bertz CT molecular complexity index is 282. The van der Waals surface area contributed by atoms with Crippen LogP contribution < -0.4 is 11.1 Å². The van der Waals surface area contributed by atoms with Crippen molar-refractivity contribution in [3.63, 3.8) is 0 Å². The largest absolute Gasteiger partial charge is 0.378 e. The molecule has 1 aliphatic carbocycles. The van der Waals surface area contributed by atoms with Gasteiger partial charge in [-0.05, 0) is 45.4 Å². The lowest BCUT2D eigenvalue weighted by Gasteiger charge is -2.40. The number of amides is 1. The van der Waals surface area contributed by atoms with Crippen molar-refractivity contribution in [1.82, 2.24) is 5.32 Å². The van der Waals surface area contributed by atoms with Gasteiger partial charge in [-0.25, -0.2) is 0 Å². The molecule has 0 spiro atoms. The van der Waals surface area contributed by atoms with Crippen LogP contribution in [0, 0.1) is 5.92 Å². The average molecular weight is 256 g/mol. The molecule has 0 aliphatic heterocycles. The Morgan fingerprint density at radius 3 is 2.44 bits per heavy atom. The van der Waals surface area contributed by atoms with E-state index in [4.69, 9.17) is 10.5 Å². The van der Waals surface area contributed by atoms with Crippen molar-refractivity contribution >= 4 is 5.91 Å². The summed E-state index contributed by atoms with van der Waals surface area (Å²) in [4.78, 5) is 12.1. The van der Waals surface area contributed by atoms with Gasteiger partial charge in [0.25, 0.3) is 0 Å². The number of hydrogen-bond donors (Lipinski definition) is 2. The molecule has 3 N–H and O–H groups in total. The monoisotopic (exact) mass is 256 g/mol. The second-order valence-corrected chi connectivity index (χ2v) is 6.36. The van der Waals surface area contributed by atoms with Gasteiger partial charge in [0.15, 0.2) is 0 Å². The van der Waals surface area contributed by atoms with E-state index in [0.29, 0.717) is 13.0 Å². The van der Waals surface area contributed by atoms with Gasteiger partial charge in [0.1, 0.15) is 0 Å². The highest BCUT2D eigenvalue weighted by Crippen LogP contribution is 2.31. The minimum Gasteiger partial charge on any atom is -0.378 e. The van der Waals surface area contributed by atoms with Gasteiger partial charge in [-0.2, -0.15) is 0 Å². The summed E-state index contributed by atoms with van der Waals surface area (Å²) in [7, 11) is 1.63. The quantitative estimate of drug-likeness (QED) is 0.788. The highest BCUT2D eigenvalue weighted by molar-refractivity contribution is 5.77. The van der Waals surface area contributed by atoms with Crippen molar-refractivity contribution in [2.45, 2.75) is 64.0 Å². The highest BCUT2D eigenvalue weighted by atomic mass is 16.5. The summed E-state index contributed by atoms with van der Waals surface area (Å²) in [5.41, 5.74) is 5.28. The summed E-state index contributed by atoms with van der Waals surface area (Å²) < 4.78 is 5.29. The predicted octanol–water partition coefficient (Wildman–Crippen LogP) is 1.83. The van der Waals surface area contributed by atoms with E-state index in [1.165, 1.54) is 0 Å². The number of methoxy groups -OCH3 is 1. The van der Waals surface area contributed by atoms with Gasteiger partial charge in [-0.1, -0.05) is 6.92 Å². The van der Waals surface area contributed by atoms with Crippen LogP contribution in [0.15, 0.2) is 0 Å². The first kappa shape index (κ1) is 15.4. The number of ether oxygens (including phenoxy) is 1. The van der Waals surface area contributed by atoms with Crippen LogP contribution in [0.3, 0.4) is 0 Å². The molecule has 106 valence electrons. The van der Waals surface area contributed by atoms with Crippen LogP contribution in [0.2, 0.25) is 0 Å². The number of rotatable bonds is 5. The maximum absolute atomic E-state index is 12.1. The van der Waals surface area contributed by atoms with Gasteiger partial charge >= 0.3 is 0 Å². The lowest BCUT2D eigenvalue weighted by molar-refractivity contribution is -0.128. The Kier molecular flexibility index (Phi) is 5.17. The molecule has 1 fully saturated rings. The molecular formula is C14H28N2O2. The number of hydrogen-bond acceptors (Lipinski definition) is 3. The predicted molar refractivity (Wildman–Crippen MR) is 73.3 cm³/mol. The minimum absolute atomic E-state index is 0.0434.